The van der Waals surface area contributed by atoms with Crippen molar-refractivity contribution in [2.45, 2.75) is 0 Å². The van der Waals surface area contributed by atoms with Gasteiger partial charge in [0.25, 0.3) is 5.91 Å². The molecule has 1 N–H and O–H groups in total. The zero-order valence-electron chi connectivity index (χ0n) is 13.4. The third-order valence-electron chi connectivity index (χ3n) is 3.20. The summed E-state index contributed by atoms with van der Waals surface area (Å²) in [7, 11) is 1.44. The molecular weight excluding hydrogens is 346 g/mol. The average molecular weight is 362 g/mol. The highest BCUT2D eigenvalue weighted by Gasteiger charge is 2.16. The second kappa shape index (κ2) is 8.79. The van der Waals surface area contributed by atoms with Gasteiger partial charge in [-0.25, -0.2) is 4.79 Å². The van der Waals surface area contributed by atoms with Gasteiger partial charge in [-0.05, 0) is 24.3 Å². The Morgan fingerprint density at radius 1 is 1.16 bits per heavy atom. The number of amides is 2. The standard InChI is InChI=1S/C17H16ClN3O4/c1-21(10-15(22)20-14-5-3-2-4-13(14)18)16(23)11-25-17(24)12-6-8-19-9-7-12/h2-9H,10-11H2,1H3,(H,20,22). The first-order chi connectivity index (χ1) is 12.0. The number of para-hydroxylation sites is 1. The van der Waals surface area contributed by atoms with Crippen molar-refractivity contribution >= 4 is 35.1 Å². The Bertz CT molecular complexity index is 767. The number of pyridine rings is 1. The summed E-state index contributed by atoms with van der Waals surface area (Å²) in [4.78, 5) is 40.6. The number of hydrogen-bond donors (Lipinski definition) is 1. The molecule has 2 rings (SSSR count). The van der Waals surface area contributed by atoms with E-state index in [-0.39, 0.29) is 6.54 Å². The van der Waals surface area contributed by atoms with Crippen LogP contribution in [0.15, 0.2) is 48.8 Å². The van der Waals surface area contributed by atoms with Crippen molar-refractivity contribution in [1.29, 1.82) is 0 Å². The monoisotopic (exact) mass is 361 g/mol. The Hall–Kier alpha value is -2.93. The smallest absolute Gasteiger partial charge is 0.338 e. The summed E-state index contributed by atoms with van der Waals surface area (Å²) in [5.41, 5.74) is 0.751. The molecule has 0 atom stereocenters. The summed E-state index contributed by atoms with van der Waals surface area (Å²) in [6.45, 7) is -0.659. The Labute approximate surface area is 149 Å². The Balaban J connectivity index is 1.81. The minimum atomic E-state index is -0.635. The van der Waals surface area contributed by atoms with Crippen molar-refractivity contribution in [2.24, 2.45) is 0 Å². The fourth-order valence-corrected chi connectivity index (χ4v) is 2.05. The molecule has 25 heavy (non-hydrogen) atoms. The Morgan fingerprint density at radius 3 is 2.52 bits per heavy atom. The molecule has 0 spiro atoms. The highest BCUT2D eigenvalue weighted by molar-refractivity contribution is 6.33. The molecule has 0 saturated carbocycles. The molecule has 0 unspecified atom stereocenters. The highest BCUT2D eigenvalue weighted by Crippen LogP contribution is 2.20. The van der Waals surface area contributed by atoms with E-state index >= 15 is 0 Å². The number of esters is 1. The van der Waals surface area contributed by atoms with Gasteiger partial charge in [-0.3, -0.25) is 14.6 Å². The molecule has 0 bridgehead atoms. The predicted octanol–water partition coefficient (Wildman–Crippen LogP) is 1.99. The maximum absolute atomic E-state index is 12.0. The van der Waals surface area contributed by atoms with Gasteiger partial charge >= 0.3 is 5.97 Å². The molecule has 2 aromatic rings. The number of carbonyl (C=O) groups excluding carboxylic acids is 3. The first-order valence-corrected chi connectivity index (χ1v) is 7.70. The van der Waals surface area contributed by atoms with E-state index in [9.17, 15) is 14.4 Å². The number of hydrogen-bond acceptors (Lipinski definition) is 5. The number of halogens is 1. The Morgan fingerprint density at radius 2 is 1.84 bits per heavy atom. The van der Waals surface area contributed by atoms with Gasteiger partial charge in [0.05, 0.1) is 22.8 Å². The second-order valence-corrected chi connectivity index (χ2v) is 5.50. The number of ether oxygens (including phenoxy) is 1. The molecule has 0 aliphatic heterocycles. The Kier molecular flexibility index (Phi) is 6.47. The lowest BCUT2D eigenvalue weighted by Gasteiger charge is -2.17. The van der Waals surface area contributed by atoms with Crippen LogP contribution in [-0.4, -0.2) is 47.9 Å². The number of benzene rings is 1. The number of anilines is 1. The minimum absolute atomic E-state index is 0.198. The van der Waals surface area contributed by atoms with Gasteiger partial charge in [0.15, 0.2) is 6.61 Å². The summed E-state index contributed by atoms with van der Waals surface area (Å²) in [6.07, 6.45) is 2.90. The molecule has 1 heterocycles. The third kappa shape index (κ3) is 5.58. The first kappa shape index (κ1) is 18.4. The molecule has 0 saturated heterocycles. The van der Waals surface area contributed by atoms with E-state index in [0.717, 1.165) is 4.90 Å². The normalized spacial score (nSPS) is 10.0. The zero-order chi connectivity index (χ0) is 18.2. The van der Waals surface area contributed by atoms with Crippen LogP contribution >= 0.6 is 11.6 Å². The maximum atomic E-state index is 12.0. The van der Waals surface area contributed by atoms with Crippen molar-refractivity contribution < 1.29 is 19.1 Å². The van der Waals surface area contributed by atoms with E-state index in [4.69, 9.17) is 16.3 Å². The van der Waals surface area contributed by atoms with E-state index in [0.29, 0.717) is 16.3 Å². The fourth-order valence-electron chi connectivity index (χ4n) is 1.86. The lowest BCUT2D eigenvalue weighted by Crippen LogP contribution is -2.37. The number of rotatable bonds is 6. The van der Waals surface area contributed by atoms with Crippen molar-refractivity contribution in [2.75, 3.05) is 25.5 Å². The molecule has 1 aromatic heterocycles. The quantitative estimate of drug-likeness (QED) is 0.795. The van der Waals surface area contributed by atoms with Crippen molar-refractivity contribution in [3.8, 4) is 0 Å². The van der Waals surface area contributed by atoms with Crippen LogP contribution in [0.4, 0.5) is 5.69 Å². The largest absolute Gasteiger partial charge is 0.452 e. The molecule has 2 amide bonds. The molecule has 0 radical (unpaired) electrons. The lowest BCUT2D eigenvalue weighted by atomic mass is 10.3. The molecule has 7 nitrogen and oxygen atoms in total. The molecule has 130 valence electrons. The van der Waals surface area contributed by atoms with Crippen LogP contribution in [0.25, 0.3) is 0 Å². The number of aromatic nitrogens is 1. The summed E-state index contributed by atoms with van der Waals surface area (Å²) in [6, 6.07) is 9.73. The van der Waals surface area contributed by atoms with Gasteiger partial charge in [-0.2, -0.15) is 0 Å². The summed E-state index contributed by atoms with van der Waals surface area (Å²) in [5.74, 6) is -1.55. The van der Waals surface area contributed by atoms with E-state index in [1.807, 2.05) is 0 Å². The second-order valence-electron chi connectivity index (χ2n) is 5.09. The third-order valence-corrected chi connectivity index (χ3v) is 3.53. The van der Waals surface area contributed by atoms with Gasteiger partial charge in [-0.1, -0.05) is 23.7 Å². The highest BCUT2D eigenvalue weighted by atomic mass is 35.5. The van der Waals surface area contributed by atoms with E-state index in [1.54, 1.807) is 24.3 Å². The van der Waals surface area contributed by atoms with Gasteiger partial charge in [0.1, 0.15) is 0 Å². The molecule has 0 fully saturated rings. The van der Waals surface area contributed by atoms with Crippen LogP contribution in [0.3, 0.4) is 0 Å². The van der Waals surface area contributed by atoms with Crippen LogP contribution < -0.4 is 5.32 Å². The summed E-state index contributed by atoms with van der Waals surface area (Å²) >= 11 is 5.95. The van der Waals surface area contributed by atoms with Crippen LogP contribution in [0.1, 0.15) is 10.4 Å². The maximum Gasteiger partial charge on any atom is 0.338 e. The van der Waals surface area contributed by atoms with Crippen LogP contribution in [0.5, 0.6) is 0 Å². The number of nitrogens with zero attached hydrogens (tertiary/aromatic N) is 2. The van der Waals surface area contributed by atoms with Gasteiger partial charge in [0, 0.05) is 19.4 Å². The summed E-state index contributed by atoms with van der Waals surface area (Å²) < 4.78 is 4.92. The van der Waals surface area contributed by atoms with Gasteiger partial charge in [-0.15, -0.1) is 0 Å². The predicted molar refractivity (Wildman–Crippen MR) is 92.2 cm³/mol. The van der Waals surface area contributed by atoms with Crippen molar-refractivity contribution in [1.82, 2.24) is 9.88 Å². The number of carbonyl (C=O) groups is 3. The van der Waals surface area contributed by atoms with Crippen LogP contribution in [-0.2, 0) is 14.3 Å². The fraction of sp³-hybridized carbons (Fsp3) is 0.176. The van der Waals surface area contributed by atoms with Crippen molar-refractivity contribution in [3.05, 3.63) is 59.4 Å². The van der Waals surface area contributed by atoms with E-state index in [1.165, 1.54) is 31.6 Å². The molecule has 1 aromatic carbocycles. The first-order valence-electron chi connectivity index (χ1n) is 7.33. The van der Waals surface area contributed by atoms with Crippen LogP contribution in [0, 0.1) is 0 Å². The van der Waals surface area contributed by atoms with Crippen molar-refractivity contribution in [3.63, 3.8) is 0 Å². The molecule has 8 heteroatoms. The molecule has 0 aliphatic rings. The van der Waals surface area contributed by atoms with Crippen LogP contribution in [0.2, 0.25) is 5.02 Å². The van der Waals surface area contributed by atoms with E-state index < -0.39 is 24.4 Å². The number of likely N-dealkylation sites (N-methyl/N-ethyl adjacent to an activating group) is 1. The molecular formula is C17H16ClN3O4. The van der Waals surface area contributed by atoms with E-state index in [2.05, 4.69) is 10.3 Å². The number of nitrogens with one attached hydrogen (secondary N) is 1. The minimum Gasteiger partial charge on any atom is -0.452 e. The molecule has 0 aliphatic carbocycles. The zero-order valence-corrected chi connectivity index (χ0v) is 14.2. The van der Waals surface area contributed by atoms with Gasteiger partial charge < -0.3 is 15.0 Å². The SMILES string of the molecule is CN(CC(=O)Nc1ccccc1Cl)C(=O)COC(=O)c1ccncc1. The topological polar surface area (TPSA) is 88.6 Å². The van der Waals surface area contributed by atoms with Gasteiger partial charge in [0.2, 0.25) is 5.91 Å². The average Bonchev–Trinajstić information content (AvgIpc) is 2.62. The summed E-state index contributed by atoms with van der Waals surface area (Å²) in [5, 5.41) is 3.01. The lowest BCUT2D eigenvalue weighted by molar-refractivity contribution is -0.136.